The molecule has 1 heterocycles. The molecular weight excluding hydrogens is 746 g/mol. The second-order valence-electron chi connectivity index (χ2n) is 10.5. The number of nitrogens with zero attached hydrogens (tertiary/aromatic N) is 2. The third-order valence-electron chi connectivity index (χ3n) is 8.40. The molecule has 42 heavy (non-hydrogen) atoms. The Kier molecular flexibility index (Phi) is 7.05. The molecule has 2 aliphatic carbocycles. The van der Waals surface area contributed by atoms with Crippen LogP contribution in [0.3, 0.4) is 0 Å². The van der Waals surface area contributed by atoms with E-state index in [-0.39, 0.29) is 20.7 Å². The summed E-state index contributed by atoms with van der Waals surface area (Å²) in [6, 6.07) is 28.2. The Morgan fingerprint density at radius 1 is 0.762 bits per heavy atom. The quantitative estimate of drug-likeness (QED) is 0.150. The number of halogens is 2. The highest BCUT2D eigenvalue weighted by Crippen LogP contribution is 2.62. The van der Waals surface area contributed by atoms with E-state index >= 15 is 0 Å². The number of fused-ring (bicyclic) bond motifs is 7. The van der Waals surface area contributed by atoms with Gasteiger partial charge in [-0.05, 0) is 150 Å². The number of hydroxylamine groups is 1. The Bertz CT molecular complexity index is 1900. The Morgan fingerprint density at radius 3 is 2.05 bits per heavy atom. The predicted octanol–water partition coefficient (Wildman–Crippen LogP) is 10.1. The van der Waals surface area contributed by atoms with E-state index in [1.807, 2.05) is 55.5 Å². The van der Waals surface area contributed by atoms with E-state index in [4.69, 9.17) is 0 Å². The van der Waals surface area contributed by atoms with Gasteiger partial charge in [-0.15, -0.1) is 0 Å². The minimum atomic E-state index is -0.635. The fraction of sp³-hybridized carbons (Fsp3) is 0.0833. The first-order chi connectivity index (χ1) is 20.4. The molecule has 1 atom stereocenters. The molecule has 6 heteroatoms. The first kappa shape index (κ1) is 27.5. The molecule has 0 amide bonds. The molecule has 0 bridgehead atoms. The maximum Gasteiger partial charge on any atom is 0.0687 e. The number of rotatable bonds is 5. The summed E-state index contributed by atoms with van der Waals surface area (Å²) in [6.45, 7) is 4.23. The molecule has 1 spiro atoms. The average molecular weight is 772 g/mol. The normalized spacial score (nSPS) is 18.2. The second-order valence-corrected chi connectivity index (χ2v) is 13.9. The lowest BCUT2D eigenvalue weighted by Crippen LogP contribution is -2.27. The summed E-state index contributed by atoms with van der Waals surface area (Å²) in [5, 5.41) is 29.3. The molecule has 208 valence electrons. The minimum Gasteiger partial charge on any atom is -0.754 e. The topological polar surface area (TPSA) is 52.6 Å². The molecule has 0 radical (unpaired) electrons. The van der Waals surface area contributed by atoms with E-state index in [1.54, 1.807) is 0 Å². The van der Waals surface area contributed by atoms with Crippen LogP contribution in [0.5, 0.6) is 0 Å². The Balaban J connectivity index is 1.49. The minimum absolute atomic E-state index is 0.120. The lowest BCUT2D eigenvalue weighted by Gasteiger charge is -2.36. The van der Waals surface area contributed by atoms with Gasteiger partial charge in [0.2, 0.25) is 0 Å². The van der Waals surface area contributed by atoms with Gasteiger partial charge in [0.05, 0.1) is 5.41 Å². The second kappa shape index (κ2) is 10.8. The molecule has 0 fully saturated rings. The first-order valence-electron chi connectivity index (χ1n) is 13.7. The summed E-state index contributed by atoms with van der Waals surface area (Å²) in [5.41, 5.74) is 10.8. The zero-order valence-electron chi connectivity index (χ0n) is 23.0. The van der Waals surface area contributed by atoms with Crippen LogP contribution in [0.1, 0.15) is 36.1 Å². The molecule has 1 unspecified atom stereocenters. The van der Waals surface area contributed by atoms with Crippen molar-refractivity contribution in [2.75, 3.05) is 10.1 Å². The van der Waals surface area contributed by atoms with Crippen LogP contribution in [0.15, 0.2) is 125 Å². The van der Waals surface area contributed by atoms with Crippen molar-refractivity contribution in [2.24, 2.45) is 0 Å². The fourth-order valence-corrected chi connectivity index (χ4v) is 8.34. The van der Waals surface area contributed by atoms with Crippen LogP contribution in [-0.4, -0.2) is 4.01 Å². The Morgan fingerprint density at radius 2 is 1.40 bits per heavy atom. The largest absolute Gasteiger partial charge is 0.754 e. The van der Waals surface area contributed by atoms with Crippen molar-refractivity contribution >= 4 is 70.0 Å². The van der Waals surface area contributed by atoms with E-state index in [0.29, 0.717) is 22.8 Å². The highest BCUT2D eigenvalue weighted by Gasteiger charge is 2.51. The van der Waals surface area contributed by atoms with Gasteiger partial charge in [0.15, 0.2) is 0 Å². The SMILES string of the molecule is C/C=C\C1=C(C)C2(c3ccccc31)c1cc(N([O-])C3=CC=IC=C3)ccc1-c1ccc(N([O-])c3ccc(I)cc3)cc12. The van der Waals surface area contributed by atoms with Crippen molar-refractivity contribution in [3.8, 4) is 11.1 Å². The summed E-state index contributed by atoms with van der Waals surface area (Å²) in [5.74, 6) is 0. The standard InChI is InChI=1S/C36H26I2N2O2/c1-3-6-29-23(2)36(33-8-5-4-7-30(29)33)34-21-27(39(41)25-11-9-24(37)10-12-25)13-15-31(34)32-16-14-28(22-35(32)36)40(42)26-17-19-38-20-18-26/h3-22H,1-2H3/q-2/b6-3-. The van der Waals surface area contributed by atoms with Crippen LogP contribution >= 0.6 is 43.3 Å². The number of benzene rings is 4. The summed E-state index contributed by atoms with van der Waals surface area (Å²) in [7, 11) is 0. The molecule has 4 nitrogen and oxygen atoms in total. The molecule has 4 aromatic carbocycles. The van der Waals surface area contributed by atoms with E-state index in [0.717, 1.165) is 36.0 Å². The molecule has 0 saturated carbocycles. The molecule has 0 saturated heterocycles. The van der Waals surface area contributed by atoms with E-state index in [9.17, 15) is 10.4 Å². The highest BCUT2D eigenvalue weighted by atomic mass is 127. The van der Waals surface area contributed by atoms with Gasteiger partial charge in [0.25, 0.3) is 0 Å². The van der Waals surface area contributed by atoms with Gasteiger partial charge in [0, 0.05) is 26.3 Å². The van der Waals surface area contributed by atoms with Gasteiger partial charge in [-0.2, -0.15) is 0 Å². The zero-order chi connectivity index (χ0) is 29.0. The lowest BCUT2D eigenvalue weighted by atomic mass is 9.70. The average Bonchev–Trinajstić information content (AvgIpc) is 3.46. The molecule has 0 N–H and O–H groups in total. The summed E-state index contributed by atoms with van der Waals surface area (Å²) in [6.07, 6.45) is 8.11. The van der Waals surface area contributed by atoms with Crippen molar-refractivity contribution in [1.82, 2.24) is 0 Å². The van der Waals surface area contributed by atoms with Crippen molar-refractivity contribution in [1.29, 1.82) is 0 Å². The van der Waals surface area contributed by atoms with Gasteiger partial charge in [-0.25, -0.2) is 0 Å². The van der Waals surface area contributed by atoms with E-state index < -0.39 is 5.41 Å². The Labute approximate surface area is 269 Å². The third kappa shape index (κ3) is 4.11. The maximum absolute atomic E-state index is 13.7. The van der Waals surface area contributed by atoms with Gasteiger partial charge < -0.3 is 20.5 Å². The molecule has 4 aromatic rings. The van der Waals surface area contributed by atoms with E-state index in [1.165, 1.54) is 22.3 Å². The van der Waals surface area contributed by atoms with Crippen molar-refractivity contribution < 1.29 is 0 Å². The zero-order valence-corrected chi connectivity index (χ0v) is 27.3. The van der Waals surface area contributed by atoms with Crippen LogP contribution in [0, 0.1) is 14.0 Å². The van der Waals surface area contributed by atoms with Crippen molar-refractivity contribution in [3.63, 3.8) is 0 Å². The van der Waals surface area contributed by atoms with Gasteiger partial charge in [-0.1, -0.05) is 69.3 Å². The fourth-order valence-electron chi connectivity index (χ4n) is 6.59. The molecule has 3 aliphatic rings. The third-order valence-corrected chi connectivity index (χ3v) is 10.7. The van der Waals surface area contributed by atoms with Crippen LogP contribution in [0.4, 0.5) is 17.1 Å². The monoisotopic (exact) mass is 772 g/mol. The smallest absolute Gasteiger partial charge is 0.0687 e. The summed E-state index contributed by atoms with van der Waals surface area (Å²) < 4.78 is 5.30. The lowest BCUT2D eigenvalue weighted by molar-refractivity contribution is 0.766. The van der Waals surface area contributed by atoms with Crippen LogP contribution < -0.4 is 10.1 Å². The van der Waals surface area contributed by atoms with Crippen LogP contribution in [0.2, 0.25) is 0 Å². The van der Waals surface area contributed by atoms with Gasteiger partial charge in [0.1, 0.15) is 0 Å². The molecule has 7 rings (SSSR count). The van der Waals surface area contributed by atoms with Gasteiger partial charge in [-0.3, -0.25) is 0 Å². The van der Waals surface area contributed by atoms with E-state index in [2.05, 4.69) is 98.3 Å². The predicted molar refractivity (Wildman–Crippen MR) is 193 cm³/mol. The maximum atomic E-state index is 13.7. The molecule has 0 aromatic heterocycles. The number of anilines is 3. The Hall–Kier alpha value is -3.31. The molecule has 1 aliphatic heterocycles. The highest BCUT2D eigenvalue weighted by molar-refractivity contribution is 14.2. The summed E-state index contributed by atoms with van der Waals surface area (Å²) in [4.78, 5) is 0. The van der Waals surface area contributed by atoms with Crippen molar-refractivity contribution in [2.45, 2.75) is 19.3 Å². The number of hydrogen-bond donors (Lipinski definition) is 0. The van der Waals surface area contributed by atoms with Crippen LogP contribution in [0.25, 0.3) is 16.7 Å². The van der Waals surface area contributed by atoms with Gasteiger partial charge >= 0.3 is 0 Å². The number of allylic oxidation sites excluding steroid dienone is 6. The van der Waals surface area contributed by atoms with Crippen molar-refractivity contribution in [3.05, 3.63) is 161 Å². The molecular formula is C36H26I2N2O2-2. The number of hydrogen-bond acceptors (Lipinski definition) is 4. The first-order valence-corrected chi connectivity index (χ1v) is 17.3. The van der Waals surface area contributed by atoms with Crippen LogP contribution in [-0.2, 0) is 5.41 Å². The summed E-state index contributed by atoms with van der Waals surface area (Å²) >= 11 is 2.13.